The molecule has 0 aromatic carbocycles. The zero-order valence-electron chi connectivity index (χ0n) is 6.72. The molecule has 72 valence electrons. The minimum Gasteiger partial charge on any atom is -0.493 e. The molecule has 6 heteroatoms. The van der Waals surface area contributed by atoms with Crippen LogP contribution in [0.2, 0.25) is 5.15 Å². The van der Waals surface area contributed by atoms with E-state index in [2.05, 4.69) is 4.98 Å². The molecule has 2 N–H and O–H groups in total. The Balaban J connectivity index is 3.22. The lowest BCUT2D eigenvalue weighted by Crippen LogP contribution is -1.99. The van der Waals surface area contributed by atoms with Crippen molar-refractivity contribution in [3.8, 4) is 5.75 Å². The molecule has 1 aromatic heterocycles. The topological polar surface area (TPSA) is 48.1 Å². The van der Waals surface area contributed by atoms with Gasteiger partial charge in [0.2, 0.25) is 0 Å². The average molecular weight is 209 g/mol. The summed E-state index contributed by atoms with van der Waals surface area (Å²) in [6.45, 7) is 0. The SMILES string of the molecule is COc1cc(C(F)F)c(Cl)nc1N. The number of aromatic nitrogens is 1. The third kappa shape index (κ3) is 1.98. The van der Waals surface area contributed by atoms with Crippen LogP contribution in [0.25, 0.3) is 0 Å². The number of nitrogens with zero attached hydrogens (tertiary/aromatic N) is 1. The number of ether oxygens (including phenoxy) is 1. The van der Waals surface area contributed by atoms with Gasteiger partial charge in [-0.05, 0) is 6.07 Å². The van der Waals surface area contributed by atoms with Gasteiger partial charge in [0.25, 0.3) is 6.43 Å². The maximum atomic E-state index is 12.3. The highest BCUT2D eigenvalue weighted by molar-refractivity contribution is 6.30. The van der Waals surface area contributed by atoms with Gasteiger partial charge in [-0.1, -0.05) is 11.6 Å². The molecule has 0 radical (unpaired) electrons. The standard InChI is InChI=1S/C7H7ClF2N2O/c1-13-4-2-3(6(9)10)5(8)12-7(4)11/h2,6H,1H3,(H2,11,12). The summed E-state index contributed by atoms with van der Waals surface area (Å²) in [4.78, 5) is 3.50. The average Bonchev–Trinajstić information content (AvgIpc) is 2.03. The van der Waals surface area contributed by atoms with Crippen molar-refractivity contribution in [2.75, 3.05) is 12.8 Å². The van der Waals surface area contributed by atoms with Crippen molar-refractivity contribution in [2.24, 2.45) is 0 Å². The van der Waals surface area contributed by atoms with Crippen LogP contribution in [0.3, 0.4) is 0 Å². The van der Waals surface area contributed by atoms with E-state index in [1.807, 2.05) is 0 Å². The van der Waals surface area contributed by atoms with E-state index < -0.39 is 6.43 Å². The molecule has 0 fully saturated rings. The maximum absolute atomic E-state index is 12.3. The molecule has 1 rings (SSSR count). The van der Waals surface area contributed by atoms with E-state index in [0.717, 1.165) is 6.07 Å². The predicted octanol–water partition coefficient (Wildman–Crippen LogP) is 2.26. The maximum Gasteiger partial charge on any atom is 0.266 e. The second kappa shape index (κ2) is 3.74. The second-order valence-electron chi connectivity index (χ2n) is 2.26. The summed E-state index contributed by atoms with van der Waals surface area (Å²) in [5.41, 5.74) is 4.95. The van der Waals surface area contributed by atoms with Crippen molar-refractivity contribution in [3.05, 3.63) is 16.8 Å². The van der Waals surface area contributed by atoms with Crippen molar-refractivity contribution in [1.29, 1.82) is 0 Å². The quantitative estimate of drug-likeness (QED) is 0.759. The Hall–Kier alpha value is -1.10. The molecule has 0 saturated carbocycles. The molecule has 0 amide bonds. The van der Waals surface area contributed by atoms with Gasteiger partial charge in [0.15, 0.2) is 11.6 Å². The largest absolute Gasteiger partial charge is 0.493 e. The molecule has 0 aliphatic carbocycles. The van der Waals surface area contributed by atoms with Gasteiger partial charge >= 0.3 is 0 Å². The van der Waals surface area contributed by atoms with Gasteiger partial charge in [-0.15, -0.1) is 0 Å². The first kappa shape index (κ1) is 9.98. The lowest BCUT2D eigenvalue weighted by Gasteiger charge is -2.07. The molecule has 0 bridgehead atoms. The number of nitrogens with two attached hydrogens (primary N) is 1. The van der Waals surface area contributed by atoms with Crippen LogP contribution in [0.5, 0.6) is 5.75 Å². The Kier molecular flexibility index (Phi) is 2.87. The summed E-state index contributed by atoms with van der Waals surface area (Å²) in [6, 6.07) is 1.08. The van der Waals surface area contributed by atoms with Crippen molar-refractivity contribution in [3.63, 3.8) is 0 Å². The van der Waals surface area contributed by atoms with Gasteiger partial charge in [0, 0.05) is 0 Å². The van der Waals surface area contributed by atoms with Crippen LogP contribution in [0.1, 0.15) is 12.0 Å². The number of methoxy groups -OCH3 is 1. The number of rotatable bonds is 2. The fourth-order valence-electron chi connectivity index (χ4n) is 0.817. The van der Waals surface area contributed by atoms with Crippen molar-refractivity contribution < 1.29 is 13.5 Å². The first-order chi connectivity index (χ1) is 6.06. The van der Waals surface area contributed by atoms with E-state index in [1.54, 1.807) is 0 Å². The van der Waals surface area contributed by atoms with E-state index in [-0.39, 0.29) is 22.3 Å². The zero-order chi connectivity index (χ0) is 10.0. The molecule has 0 spiro atoms. The van der Waals surface area contributed by atoms with Crippen LogP contribution >= 0.6 is 11.6 Å². The molecular weight excluding hydrogens is 202 g/mol. The molecule has 0 saturated heterocycles. The Morgan fingerprint density at radius 3 is 2.69 bits per heavy atom. The van der Waals surface area contributed by atoms with E-state index in [1.165, 1.54) is 7.11 Å². The minimum atomic E-state index is -2.69. The lowest BCUT2D eigenvalue weighted by molar-refractivity contribution is 0.150. The summed E-state index contributed by atoms with van der Waals surface area (Å²) in [7, 11) is 1.32. The Bertz CT molecular complexity index is 320. The fraction of sp³-hybridized carbons (Fsp3) is 0.286. The van der Waals surface area contributed by atoms with Crippen LogP contribution < -0.4 is 10.5 Å². The molecule has 1 heterocycles. The molecule has 0 atom stereocenters. The first-order valence-electron chi connectivity index (χ1n) is 3.34. The van der Waals surface area contributed by atoms with Gasteiger partial charge in [-0.3, -0.25) is 0 Å². The molecule has 0 aliphatic rings. The fourth-order valence-corrected chi connectivity index (χ4v) is 1.04. The second-order valence-corrected chi connectivity index (χ2v) is 2.61. The van der Waals surface area contributed by atoms with Gasteiger partial charge in [-0.25, -0.2) is 13.8 Å². The monoisotopic (exact) mass is 208 g/mol. The van der Waals surface area contributed by atoms with Crippen LogP contribution in [-0.2, 0) is 0 Å². The van der Waals surface area contributed by atoms with E-state index >= 15 is 0 Å². The molecule has 3 nitrogen and oxygen atoms in total. The Morgan fingerprint density at radius 2 is 2.23 bits per heavy atom. The molecular formula is C7H7ClF2N2O. The number of pyridine rings is 1. The van der Waals surface area contributed by atoms with Gasteiger partial charge in [-0.2, -0.15) is 0 Å². The van der Waals surface area contributed by atoms with E-state index in [0.29, 0.717) is 0 Å². The van der Waals surface area contributed by atoms with Gasteiger partial charge < -0.3 is 10.5 Å². The summed E-state index contributed by atoms with van der Waals surface area (Å²) < 4.78 is 29.2. The van der Waals surface area contributed by atoms with Crippen LogP contribution in [0, 0.1) is 0 Å². The third-order valence-electron chi connectivity index (χ3n) is 1.45. The number of anilines is 1. The Morgan fingerprint density at radius 1 is 1.62 bits per heavy atom. The highest BCUT2D eigenvalue weighted by Crippen LogP contribution is 2.31. The number of hydrogen-bond acceptors (Lipinski definition) is 3. The van der Waals surface area contributed by atoms with Gasteiger partial charge in [0.05, 0.1) is 12.7 Å². The molecule has 1 aromatic rings. The van der Waals surface area contributed by atoms with Crippen LogP contribution in [-0.4, -0.2) is 12.1 Å². The minimum absolute atomic E-state index is 0.00287. The van der Waals surface area contributed by atoms with Crippen LogP contribution in [0.4, 0.5) is 14.6 Å². The first-order valence-corrected chi connectivity index (χ1v) is 3.72. The third-order valence-corrected chi connectivity index (χ3v) is 1.75. The van der Waals surface area contributed by atoms with Crippen molar-refractivity contribution in [2.45, 2.75) is 6.43 Å². The van der Waals surface area contributed by atoms with Gasteiger partial charge in [0.1, 0.15) is 5.15 Å². The Labute approximate surface area is 78.5 Å². The summed E-state index contributed by atoms with van der Waals surface area (Å²) in [6.07, 6.45) is -2.69. The van der Waals surface area contributed by atoms with Crippen LogP contribution in [0.15, 0.2) is 6.07 Å². The summed E-state index contributed by atoms with van der Waals surface area (Å²) >= 11 is 5.43. The predicted molar refractivity (Wildman–Crippen MR) is 45.2 cm³/mol. The van der Waals surface area contributed by atoms with Crippen molar-refractivity contribution in [1.82, 2.24) is 4.98 Å². The molecule has 0 unspecified atom stereocenters. The zero-order valence-corrected chi connectivity index (χ0v) is 7.48. The number of halogens is 3. The number of hydrogen-bond donors (Lipinski definition) is 1. The summed E-state index contributed by atoms with van der Waals surface area (Å²) in [5.74, 6) is 0.0941. The number of alkyl halides is 2. The lowest BCUT2D eigenvalue weighted by atomic mass is 10.3. The molecule has 13 heavy (non-hydrogen) atoms. The highest BCUT2D eigenvalue weighted by Gasteiger charge is 2.16. The summed E-state index contributed by atoms with van der Waals surface area (Å²) in [5, 5.41) is -0.298. The smallest absolute Gasteiger partial charge is 0.266 e. The highest BCUT2D eigenvalue weighted by atomic mass is 35.5. The number of nitrogen functional groups attached to an aromatic ring is 1. The van der Waals surface area contributed by atoms with E-state index in [9.17, 15) is 8.78 Å². The van der Waals surface area contributed by atoms with E-state index in [4.69, 9.17) is 22.1 Å². The normalized spacial score (nSPS) is 10.5. The molecule has 0 aliphatic heterocycles. The van der Waals surface area contributed by atoms with Crippen molar-refractivity contribution >= 4 is 17.4 Å².